The van der Waals surface area contributed by atoms with Gasteiger partial charge in [-0.3, -0.25) is 14.4 Å². The zero-order chi connectivity index (χ0) is 29.8. The van der Waals surface area contributed by atoms with Crippen molar-refractivity contribution < 1.29 is 14.4 Å². The van der Waals surface area contributed by atoms with Crippen molar-refractivity contribution in [2.75, 3.05) is 17.7 Å². The van der Waals surface area contributed by atoms with E-state index in [2.05, 4.69) is 27.1 Å². The van der Waals surface area contributed by atoms with Gasteiger partial charge in [-0.05, 0) is 79.6 Å². The average Bonchev–Trinajstić information content (AvgIpc) is 3.35. The largest absolute Gasteiger partial charge is 0.364 e. The van der Waals surface area contributed by atoms with Crippen molar-refractivity contribution in [3.63, 3.8) is 0 Å². The molecule has 4 aromatic rings. The van der Waals surface area contributed by atoms with Crippen LogP contribution >= 0.6 is 11.6 Å². The quantitative estimate of drug-likeness (QED) is 0.227. The topological polar surface area (TPSA) is 149 Å². The highest BCUT2D eigenvalue weighted by Crippen LogP contribution is 2.33. The number of halogens is 1. The molecular formula is C31H28ClN7O3. The normalized spacial score (nSPS) is 14.5. The smallest absolute Gasteiger partial charge is 0.299 e. The van der Waals surface area contributed by atoms with E-state index in [1.807, 2.05) is 18.2 Å². The molecule has 3 amide bonds. The van der Waals surface area contributed by atoms with Gasteiger partial charge in [0, 0.05) is 28.9 Å². The fourth-order valence-electron chi connectivity index (χ4n) is 5.03. The summed E-state index contributed by atoms with van der Waals surface area (Å²) in [5, 5.41) is 3.45. The monoisotopic (exact) mass is 581 g/mol. The highest BCUT2D eigenvalue weighted by Gasteiger charge is 2.33. The summed E-state index contributed by atoms with van der Waals surface area (Å²) in [6.45, 7) is 2.11. The molecule has 1 fully saturated rings. The molecule has 2 aromatic heterocycles. The van der Waals surface area contributed by atoms with E-state index < -0.39 is 11.9 Å². The number of pyridine rings is 1. The molecule has 212 valence electrons. The second-order valence-electron chi connectivity index (χ2n) is 9.75. The molecule has 0 unspecified atom stereocenters. The third-order valence-electron chi connectivity index (χ3n) is 7.07. The van der Waals surface area contributed by atoms with E-state index >= 15 is 0 Å². The molecule has 0 radical (unpaired) electrons. The molecule has 42 heavy (non-hydrogen) atoms. The Morgan fingerprint density at radius 1 is 1.00 bits per heavy atom. The van der Waals surface area contributed by atoms with Crippen LogP contribution in [0.3, 0.4) is 0 Å². The fourth-order valence-corrected chi connectivity index (χ4v) is 5.16. The summed E-state index contributed by atoms with van der Waals surface area (Å²) in [5.74, 6) is 10.8. The number of amides is 3. The summed E-state index contributed by atoms with van der Waals surface area (Å²) in [6, 6.07) is 17.1. The first-order chi connectivity index (χ1) is 20.3. The number of nitrogens with zero attached hydrogens (tertiary/aromatic N) is 4. The fraction of sp³-hybridized carbons (Fsp3) is 0.194. The van der Waals surface area contributed by atoms with Crippen LogP contribution < -0.4 is 16.9 Å². The molecule has 1 aliphatic heterocycles. The van der Waals surface area contributed by atoms with Crippen LogP contribution in [0.15, 0.2) is 66.9 Å². The third-order valence-corrected chi connectivity index (χ3v) is 7.32. The summed E-state index contributed by atoms with van der Waals surface area (Å²) in [6.07, 6.45) is 3.93. The molecule has 1 aliphatic rings. The number of imidazole rings is 1. The molecule has 5 N–H and O–H groups in total. The molecule has 1 saturated heterocycles. The second-order valence-corrected chi connectivity index (χ2v) is 10.2. The SMILES string of the molecule is CC#CC(=O)N1CCCC[C@H]1c1nc(-c2ccc(C(=O)Nc3cc(-c4ccc(Cl)cc4)ccn3)cc2)c(C(N)=O)n1N. The highest BCUT2D eigenvalue weighted by molar-refractivity contribution is 6.30. The lowest BCUT2D eigenvalue weighted by molar-refractivity contribution is -0.129. The summed E-state index contributed by atoms with van der Waals surface area (Å²) < 4.78 is 1.16. The maximum atomic E-state index is 13.0. The number of aromatic nitrogens is 3. The van der Waals surface area contributed by atoms with E-state index in [-0.39, 0.29) is 23.2 Å². The number of primary amides is 1. The number of nitrogens with two attached hydrogens (primary N) is 2. The van der Waals surface area contributed by atoms with Crippen molar-refractivity contribution in [1.29, 1.82) is 0 Å². The number of piperidine rings is 1. The second kappa shape index (κ2) is 12.2. The molecule has 1 atom stereocenters. The predicted molar refractivity (Wildman–Crippen MR) is 161 cm³/mol. The van der Waals surface area contributed by atoms with Crippen molar-refractivity contribution in [3.8, 4) is 34.2 Å². The Kier molecular flexibility index (Phi) is 8.22. The Morgan fingerprint density at radius 2 is 1.71 bits per heavy atom. The Hall–Kier alpha value is -5.14. The first-order valence-electron chi connectivity index (χ1n) is 13.3. The van der Waals surface area contributed by atoms with Crippen LogP contribution in [0, 0.1) is 11.8 Å². The highest BCUT2D eigenvalue weighted by atomic mass is 35.5. The molecule has 2 aromatic carbocycles. The van der Waals surface area contributed by atoms with Gasteiger partial charge < -0.3 is 21.8 Å². The van der Waals surface area contributed by atoms with Crippen molar-refractivity contribution in [2.45, 2.75) is 32.2 Å². The zero-order valence-electron chi connectivity index (χ0n) is 22.8. The molecule has 0 saturated carbocycles. The maximum Gasteiger partial charge on any atom is 0.299 e. The molecule has 3 heterocycles. The zero-order valence-corrected chi connectivity index (χ0v) is 23.6. The van der Waals surface area contributed by atoms with Gasteiger partial charge in [-0.25, -0.2) is 14.6 Å². The number of hydrogen-bond donors (Lipinski definition) is 3. The van der Waals surface area contributed by atoms with Gasteiger partial charge >= 0.3 is 0 Å². The van der Waals surface area contributed by atoms with E-state index in [1.165, 1.54) is 0 Å². The summed E-state index contributed by atoms with van der Waals surface area (Å²) in [4.78, 5) is 48.7. The molecule has 0 bridgehead atoms. The van der Waals surface area contributed by atoms with Crippen LogP contribution in [0.4, 0.5) is 5.82 Å². The average molecular weight is 582 g/mol. The Bertz CT molecular complexity index is 1720. The van der Waals surface area contributed by atoms with E-state index in [1.54, 1.807) is 60.5 Å². The van der Waals surface area contributed by atoms with Gasteiger partial charge in [-0.1, -0.05) is 41.8 Å². The summed E-state index contributed by atoms with van der Waals surface area (Å²) >= 11 is 5.99. The molecule has 11 heteroatoms. The van der Waals surface area contributed by atoms with E-state index in [0.717, 1.165) is 28.6 Å². The number of hydrogen-bond acceptors (Lipinski definition) is 6. The van der Waals surface area contributed by atoms with Crippen LogP contribution in [-0.4, -0.2) is 43.8 Å². The Labute approximate surface area is 247 Å². The minimum atomic E-state index is -0.762. The molecule has 0 spiro atoms. The Morgan fingerprint density at radius 3 is 2.40 bits per heavy atom. The van der Waals surface area contributed by atoms with Crippen LogP contribution in [0.25, 0.3) is 22.4 Å². The predicted octanol–water partition coefficient (Wildman–Crippen LogP) is 4.41. The van der Waals surface area contributed by atoms with Crippen molar-refractivity contribution in [1.82, 2.24) is 19.5 Å². The molecule has 10 nitrogen and oxygen atoms in total. The first-order valence-corrected chi connectivity index (χ1v) is 13.7. The molecular weight excluding hydrogens is 554 g/mol. The number of nitrogens with one attached hydrogen (secondary N) is 1. The lowest BCUT2D eigenvalue weighted by Crippen LogP contribution is -2.40. The number of likely N-dealkylation sites (tertiary alicyclic amines) is 1. The van der Waals surface area contributed by atoms with Crippen LogP contribution in [-0.2, 0) is 4.79 Å². The van der Waals surface area contributed by atoms with Crippen molar-refractivity contribution in [2.24, 2.45) is 5.73 Å². The number of carbonyl (C=O) groups excluding carboxylic acids is 3. The lowest BCUT2D eigenvalue weighted by atomic mass is 10.0. The van der Waals surface area contributed by atoms with Gasteiger partial charge in [-0.2, -0.15) is 0 Å². The maximum absolute atomic E-state index is 13.0. The minimum Gasteiger partial charge on any atom is -0.364 e. The van der Waals surface area contributed by atoms with Gasteiger partial charge in [0.15, 0.2) is 11.5 Å². The van der Waals surface area contributed by atoms with Crippen LogP contribution in [0.5, 0.6) is 0 Å². The standard InChI is InChI=1S/C31H28ClN7O3/c1-2-5-26(40)38-17-4-3-6-24(38)30-37-27(28(29(33)41)39(30)34)20-7-9-21(10-8-20)31(42)36-25-18-22(15-16-35-25)19-11-13-23(32)14-12-19/h7-16,18,24H,3-4,6,17,34H2,1H3,(H2,33,41)(H,35,36,42)/t24-/m0/s1. The summed E-state index contributed by atoms with van der Waals surface area (Å²) in [7, 11) is 0. The van der Waals surface area contributed by atoms with E-state index in [9.17, 15) is 14.4 Å². The van der Waals surface area contributed by atoms with Gasteiger partial charge in [0.1, 0.15) is 11.5 Å². The number of carbonyl (C=O) groups is 3. The number of anilines is 1. The molecule has 0 aliphatic carbocycles. The number of rotatable bonds is 6. The van der Waals surface area contributed by atoms with Gasteiger partial charge in [0.05, 0.1) is 6.04 Å². The van der Waals surface area contributed by atoms with Gasteiger partial charge in [0.2, 0.25) is 0 Å². The Balaban J connectivity index is 1.39. The van der Waals surface area contributed by atoms with Gasteiger partial charge in [0.25, 0.3) is 17.7 Å². The van der Waals surface area contributed by atoms with Gasteiger partial charge in [-0.15, -0.1) is 0 Å². The van der Waals surface area contributed by atoms with Crippen LogP contribution in [0.2, 0.25) is 5.02 Å². The lowest BCUT2D eigenvalue weighted by Gasteiger charge is -2.33. The minimum absolute atomic E-state index is 0.00460. The van der Waals surface area contributed by atoms with Crippen molar-refractivity contribution in [3.05, 3.63) is 89.0 Å². The van der Waals surface area contributed by atoms with E-state index in [0.29, 0.717) is 40.8 Å². The molecule has 5 rings (SSSR count). The van der Waals surface area contributed by atoms with Crippen LogP contribution in [0.1, 0.15) is 58.9 Å². The first kappa shape index (κ1) is 28.4. The van der Waals surface area contributed by atoms with E-state index in [4.69, 9.17) is 23.2 Å². The number of nitrogen functional groups attached to an aromatic ring is 1. The summed E-state index contributed by atoms with van der Waals surface area (Å²) in [5.41, 5.74) is 8.69. The van der Waals surface area contributed by atoms with Crippen molar-refractivity contribution >= 4 is 35.1 Å². The third kappa shape index (κ3) is 5.82. The number of benzene rings is 2.